The fourth-order valence-electron chi connectivity index (χ4n) is 4.55. The predicted molar refractivity (Wildman–Crippen MR) is 120 cm³/mol. The fourth-order valence-corrected chi connectivity index (χ4v) is 4.55. The van der Waals surface area contributed by atoms with Crippen LogP contribution in [-0.4, -0.2) is 49.9 Å². The van der Waals surface area contributed by atoms with Crippen molar-refractivity contribution in [3.05, 3.63) is 59.2 Å². The number of benzene rings is 2. The van der Waals surface area contributed by atoms with E-state index in [9.17, 15) is 18.4 Å². The van der Waals surface area contributed by atoms with Crippen molar-refractivity contribution in [3.63, 3.8) is 0 Å². The summed E-state index contributed by atoms with van der Waals surface area (Å²) in [5, 5.41) is 5.03. The molecule has 2 aliphatic rings. The van der Waals surface area contributed by atoms with Gasteiger partial charge < -0.3 is 15.5 Å². The Hall–Kier alpha value is -3.00. The SMILES string of the molecule is CN1CCCc2cc([C@@H](CNC(=O)C(=O)Nc3ccc(F)c(F)c3)N3CCCC3)ccc21. The zero-order valence-corrected chi connectivity index (χ0v) is 18.2. The average Bonchev–Trinajstić information content (AvgIpc) is 3.31. The third kappa shape index (κ3) is 4.91. The highest BCUT2D eigenvalue weighted by atomic mass is 19.2. The van der Waals surface area contributed by atoms with Gasteiger partial charge in [0.25, 0.3) is 0 Å². The minimum absolute atomic E-state index is 0.0268. The summed E-state index contributed by atoms with van der Waals surface area (Å²) in [5.41, 5.74) is 3.71. The molecule has 1 saturated heterocycles. The summed E-state index contributed by atoms with van der Waals surface area (Å²) in [7, 11) is 2.10. The number of likely N-dealkylation sites (tertiary alicyclic amines) is 1. The smallest absolute Gasteiger partial charge is 0.313 e. The summed E-state index contributed by atoms with van der Waals surface area (Å²) in [5.74, 6) is -3.83. The van der Waals surface area contributed by atoms with Gasteiger partial charge in [0.15, 0.2) is 11.6 Å². The molecule has 1 atom stereocenters. The number of aryl methyl sites for hydroxylation is 1. The average molecular weight is 443 g/mol. The van der Waals surface area contributed by atoms with E-state index in [4.69, 9.17) is 0 Å². The third-order valence-corrected chi connectivity index (χ3v) is 6.26. The second-order valence-corrected chi connectivity index (χ2v) is 8.47. The maximum absolute atomic E-state index is 13.4. The first-order valence-electron chi connectivity index (χ1n) is 11.0. The predicted octanol–water partition coefficient (Wildman–Crippen LogP) is 3.24. The number of rotatable bonds is 5. The summed E-state index contributed by atoms with van der Waals surface area (Å²) >= 11 is 0. The normalized spacial score (nSPS) is 17.0. The molecule has 6 nitrogen and oxygen atoms in total. The molecule has 2 amide bonds. The zero-order chi connectivity index (χ0) is 22.7. The Bertz CT molecular complexity index is 1010. The highest BCUT2D eigenvalue weighted by Crippen LogP contribution is 2.31. The molecule has 2 N–H and O–H groups in total. The number of carbonyl (C=O) groups is 2. The van der Waals surface area contributed by atoms with Gasteiger partial charge >= 0.3 is 11.8 Å². The molecule has 4 rings (SSSR count). The van der Waals surface area contributed by atoms with Gasteiger partial charge in [-0.2, -0.15) is 0 Å². The second-order valence-electron chi connectivity index (χ2n) is 8.47. The topological polar surface area (TPSA) is 64.7 Å². The molecule has 2 aliphatic heterocycles. The summed E-state index contributed by atoms with van der Waals surface area (Å²) in [4.78, 5) is 29.3. The van der Waals surface area contributed by atoms with Crippen molar-refractivity contribution in [2.24, 2.45) is 0 Å². The van der Waals surface area contributed by atoms with Crippen LogP contribution >= 0.6 is 0 Å². The maximum Gasteiger partial charge on any atom is 0.313 e. The maximum atomic E-state index is 13.4. The number of carbonyl (C=O) groups excluding carboxylic acids is 2. The van der Waals surface area contributed by atoms with Crippen molar-refractivity contribution in [2.75, 3.05) is 43.4 Å². The van der Waals surface area contributed by atoms with E-state index in [1.54, 1.807) is 0 Å². The van der Waals surface area contributed by atoms with Gasteiger partial charge in [0, 0.05) is 37.6 Å². The molecule has 0 spiro atoms. The molecule has 1 fully saturated rings. The molecule has 2 aromatic rings. The van der Waals surface area contributed by atoms with Gasteiger partial charge in [0.2, 0.25) is 0 Å². The van der Waals surface area contributed by atoms with Gasteiger partial charge in [-0.25, -0.2) is 8.78 Å². The van der Waals surface area contributed by atoms with Crippen molar-refractivity contribution in [1.29, 1.82) is 0 Å². The molecular weight excluding hydrogens is 414 g/mol. The zero-order valence-electron chi connectivity index (χ0n) is 18.2. The third-order valence-electron chi connectivity index (χ3n) is 6.26. The number of fused-ring (bicyclic) bond motifs is 1. The van der Waals surface area contributed by atoms with Crippen molar-refractivity contribution in [1.82, 2.24) is 10.2 Å². The standard InChI is InChI=1S/C24H28F2N4O2/c1-29-10-4-5-16-13-17(6-9-21(16)29)22(30-11-2-3-12-30)15-27-23(31)24(32)28-18-7-8-19(25)20(26)14-18/h6-9,13-14,22H,2-5,10-12,15H2,1H3,(H,27,31)(H,28,32)/t22-/m1/s1. The number of anilines is 2. The van der Waals surface area contributed by atoms with E-state index in [0.29, 0.717) is 6.54 Å². The Balaban J connectivity index is 1.44. The first kappa shape index (κ1) is 22.2. The van der Waals surface area contributed by atoms with E-state index in [1.165, 1.54) is 17.3 Å². The monoisotopic (exact) mass is 442 g/mol. The van der Waals surface area contributed by atoms with Crippen LogP contribution in [0.1, 0.15) is 36.4 Å². The van der Waals surface area contributed by atoms with E-state index < -0.39 is 23.4 Å². The lowest BCUT2D eigenvalue weighted by Gasteiger charge is -2.31. The number of hydrogen-bond acceptors (Lipinski definition) is 4. The Kier molecular flexibility index (Phi) is 6.69. The largest absolute Gasteiger partial charge is 0.374 e. The van der Waals surface area contributed by atoms with Crippen LogP contribution in [0, 0.1) is 11.6 Å². The Morgan fingerprint density at radius 1 is 0.969 bits per heavy atom. The molecular formula is C24H28F2N4O2. The van der Waals surface area contributed by atoms with Crippen molar-refractivity contribution >= 4 is 23.2 Å². The molecule has 2 aromatic carbocycles. The van der Waals surface area contributed by atoms with E-state index in [1.807, 2.05) is 0 Å². The summed E-state index contributed by atoms with van der Waals surface area (Å²) < 4.78 is 26.4. The first-order chi connectivity index (χ1) is 15.4. The van der Waals surface area contributed by atoms with Gasteiger partial charge in [0.05, 0.1) is 6.04 Å². The van der Waals surface area contributed by atoms with Crippen molar-refractivity contribution < 1.29 is 18.4 Å². The number of halogens is 2. The van der Waals surface area contributed by atoms with Crippen LogP contribution in [0.15, 0.2) is 36.4 Å². The van der Waals surface area contributed by atoms with Gasteiger partial charge in [-0.15, -0.1) is 0 Å². The van der Waals surface area contributed by atoms with E-state index in [-0.39, 0.29) is 11.7 Å². The molecule has 0 aromatic heterocycles. The minimum Gasteiger partial charge on any atom is -0.374 e. The van der Waals surface area contributed by atoms with Gasteiger partial charge in [-0.1, -0.05) is 12.1 Å². The quantitative estimate of drug-likeness (QED) is 0.698. The molecule has 0 bridgehead atoms. The number of nitrogens with zero attached hydrogens (tertiary/aromatic N) is 2. The van der Waals surface area contributed by atoms with Crippen LogP contribution < -0.4 is 15.5 Å². The number of amides is 2. The molecule has 0 aliphatic carbocycles. The lowest BCUT2D eigenvalue weighted by molar-refractivity contribution is -0.136. The van der Waals surface area contributed by atoms with Crippen LogP contribution in [0.4, 0.5) is 20.2 Å². The van der Waals surface area contributed by atoms with Crippen LogP contribution in [0.25, 0.3) is 0 Å². The Labute approximate surface area is 186 Å². The van der Waals surface area contributed by atoms with E-state index >= 15 is 0 Å². The van der Waals surface area contributed by atoms with Crippen LogP contribution in [0.3, 0.4) is 0 Å². The van der Waals surface area contributed by atoms with Gasteiger partial charge in [-0.3, -0.25) is 14.5 Å². The molecule has 8 heteroatoms. The lowest BCUT2D eigenvalue weighted by atomic mass is 9.96. The lowest BCUT2D eigenvalue weighted by Crippen LogP contribution is -2.41. The molecule has 32 heavy (non-hydrogen) atoms. The van der Waals surface area contributed by atoms with E-state index in [2.05, 4.69) is 45.7 Å². The first-order valence-corrected chi connectivity index (χ1v) is 11.0. The Morgan fingerprint density at radius 2 is 1.75 bits per heavy atom. The van der Waals surface area contributed by atoms with Crippen LogP contribution in [0.2, 0.25) is 0 Å². The van der Waals surface area contributed by atoms with Crippen LogP contribution in [-0.2, 0) is 16.0 Å². The number of nitrogens with one attached hydrogen (secondary N) is 2. The van der Waals surface area contributed by atoms with Gasteiger partial charge in [-0.05, 0) is 68.1 Å². The van der Waals surface area contributed by atoms with Crippen molar-refractivity contribution in [2.45, 2.75) is 31.7 Å². The fraction of sp³-hybridized carbons (Fsp3) is 0.417. The molecule has 170 valence electrons. The number of hydrogen-bond donors (Lipinski definition) is 2. The van der Waals surface area contributed by atoms with Crippen LogP contribution in [0.5, 0.6) is 0 Å². The van der Waals surface area contributed by atoms with Gasteiger partial charge in [0.1, 0.15) is 0 Å². The van der Waals surface area contributed by atoms with E-state index in [0.717, 1.165) is 63.0 Å². The summed E-state index contributed by atoms with van der Waals surface area (Å²) in [6, 6.07) is 9.40. The molecule has 0 saturated carbocycles. The molecule has 2 heterocycles. The second kappa shape index (κ2) is 9.65. The molecule has 0 unspecified atom stereocenters. The van der Waals surface area contributed by atoms with Crippen molar-refractivity contribution in [3.8, 4) is 0 Å². The summed E-state index contributed by atoms with van der Waals surface area (Å²) in [6.07, 6.45) is 4.36. The highest BCUT2D eigenvalue weighted by molar-refractivity contribution is 6.39. The molecule has 0 radical (unpaired) electrons. The highest BCUT2D eigenvalue weighted by Gasteiger charge is 2.26. The Morgan fingerprint density at radius 3 is 2.50 bits per heavy atom. The summed E-state index contributed by atoms with van der Waals surface area (Å²) in [6.45, 7) is 3.22. The minimum atomic E-state index is -1.09.